The second-order valence-electron chi connectivity index (χ2n) is 5.18. The first kappa shape index (κ1) is 13.9. The molecule has 2 aromatic rings. The summed E-state index contributed by atoms with van der Waals surface area (Å²) in [6.07, 6.45) is 0.911. The Morgan fingerprint density at radius 3 is 2.81 bits per heavy atom. The predicted octanol–water partition coefficient (Wildman–Crippen LogP) is 2.69. The number of hydrogen-bond acceptors (Lipinski definition) is 3. The Morgan fingerprint density at radius 1 is 1.24 bits per heavy atom. The zero-order chi connectivity index (χ0) is 15.0. The van der Waals surface area contributed by atoms with Crippen LogP contribution in [0.1, 0.15) is 21.5 Å². The lowest BCUT2D eigenvalue weighted by Crippen LogP contribution is -2.32. The number of fused-ring (bicyclic) bond motifs is 1. The highest BCUT2D eigenvalue weighted by Gasteiger charge is 2.21. The van der Waals surface area contributed by atoms with Crippen LogP contribution < -0.4 is 16.4 Å². The van der Waals surface area contributed by atoms with E-state index in [1.54, 1.807) is 6.07 Å². The number of nitrogens with zero attached hydrogens (tertiary/aromatic N) is 1. The van der Waals surface area contributed by atoms with Gasteiger partial charge in [-0.15, -0.1) is 0 Å². The van der Waals surface area contributed by atoms with E-state index in [-0.39, 0.29) is 0 Å². The van der Waals surface area contributed by atoms with Gasteiger partial charge >= 0.3 is 0 Å². The van der Waals surface area contributed by atoms with Crippen molar-refractivity contribution in [3.05, 3.63) is 57.6 Å². The van der Waals surface area contributed by atoms with Crippen LogP contribution in [0.3, 0.4) is 0 Å². The number of carbonyl (C=O) groups is 1. The van der Waals surface area contributed by atoms with Crippen LogP contribution in [0.25, 0.3) is 0 Å². The van der Waals surface area contributed by atoms with Crippen LogP contribution in [-0.4, -0.2) is 12.5 Å². The molecule has 1 heterocycles. The lowest BCUT2D eigenvalue weighted by atomic mass is 9.97. The Hall–Kier alpha value is -2.01. The van der Waals surface area contributed by atoms with Crippen LogP contribution in [-0.2, 0) is 13.0 Å². The Balaban J connectivity index is 2.00. The molecule has 0 unspecified atom stereocenters. The van der Waals surface area contributed by atoms with E-state index in [1.807, 2.05) is 24.3 Å². The van der Waals surface area contributed by atoms with Gasteiger partial charge in [0, 0.05) is 28.9 Å². The van der Waals surface area contributed by atoms with Crippen LogP contribution in [0, 0.1) is 0 Å². The van der Waals surface area contributed by atoms with Crippen molar-refractivity contribution < 1.29 is 4.79 Å². The zero-order valence-electron chi connectivity index (χ0n) is 11.5. The molecule has 4 N–H and O–H groups in total. The van der Waals surface area contributed by atoms with Gasteiger partial charge in [0.2, 0.25) is 0 Å². The molecule has 0 saturated carbocycles. The molecule has 1 amide bonds. The second kappa shape index (κ2) is 5.41. The molecule has 0 spiro atoms. The van der Waals surface area contributed by atoms with Gasteiger partial charge in [-0.3, -0.25) is 4.79 Å². The monoisotopic (exact) mass is 345 g/mol. The Morgan fingerprint density at radius 2 is 2.05 bits per heavy atom. The summed E-state index contributed by atoms with van der Waals surface area (Å²) in [5.74, 6) is -0.418. The summed E-state index contributed by atoms with van der Waals surface area (Å²) < 4.78 is 0.844. The summed E-state index contributed by atoms with van der Waals surface area (Å²) in [5.41, 5.74) is 16.2. The molecule has 0 aliphatic carbocycles. The second-order valence-corrected chi connectivity index (χ2v) is 6.10. The van der Waals surface area contributed by atoms with Gasteiger partial charge in [0.15, 0.2) is 0 Å². The molecule has 108 valence electrons. The minimum absolute atomic E-state index is 0.418. The van der Waals surface area contributed by atoms with E-state index in [1.165, 1.54) is 5.56 Å². The van der Waals surface area contributed by atoms with Crippen molar-refractivity contribution in [2.24, 2.45) is 5.73 Å². The molecule has 0 aromatic heterocycles. The summed E-state index contributed by atoms with van der Waals surface area (Å²) in [6, 6.07) is 11.6. The molecule has 5 heteroatoms. The third kappa shape index (κ3) is 2.61. The Labute approximate surface area is 131 Å². The molecule has 1 aliphatic rings. The number of benzene rings is 2. The average Bonchev–Trinajstić information content (AvgIpc) is 2.47. The molecule has 3 rings (SSSR count). The fourth-order valence-corrected chi connectivity index (χ4v) is 3.15. The molecule has 21 heavy (non-hydrogen) atoms. The largest absolute Gasteiger partial charge is 0.398 e. The minimum atomic E-state index is -0.418. The highest BCUT2D eigenvalue weighted by molar-refractivity contribution is 9.10. The summed E-state index contributed by atoms with van der Waals surface area (Å²) in [7, 11) is 0. The molecule has 2 aromatic carbocycles. The number of hydrogen-bond donors (Lipinski definition) is 2. The topological polar surface area (TPSA) is 72.4 Å². The van der Waals surface area contributed by atoms with Crippen molar-refractivity contribution in [1.82, 2.24) is 0 Å². The van der Waals surface area contributed by atoms with Gasteiger partial charge < -0.3 is 16.4 Å². The van der Waals surface area contributed by atoms with E-state index >= 15 is 0 Å². The van der Waals surface area contributed by atoms with Gasteiger partial charge in [-0.1, -0.05) is 28.1 Å². The standard InChI is InChI=1S/C16H16BrN3O/c17-11-4-5-15(12(8-11)16(19)21)20-7-6-10-2-1-3-14(18)13(10)9-20/h1-5,8H,6-7,9,18H2,(H2,19,21). The van der Waals surface area contributed by atoms with Crippen LogP contribution in [0.5, 0.6) is 0 Å². The van der Waals surface area contributed by atoms with Crippen molar-refractivity contribution in [1.29, 1.82) is 0 Å². The molecule has 0 fully saturated rings. The molecular formula is C16H16BrN3O. The fourth-order valence-electron chi connectivity index (χ4n) is 2.79. The van der Waals surface area contributed by atoms with E-state index in [0.717, 1.165) is 34.4 Å². The third-order valence-corrected chi connectivity index (χ3v) is 4.37. The van der Waals surface area contributed by atoms with Crippen LogP contribution >= 0.6 is 15.9 Å². The van der Waals surface area contributed by atoms with Gasteiger partial charge in [-0.05, 0) is 41.8 Å². The number of rotatable bonds is 2. The van der Waals surface area contributed by atoms with Crippen LogP contribution in [0.2, 0.25) is 0 Å². The van der Waals surface area contributed by atoms with E-state index in [0.29, 0.717) is 12.1 Å². The van der Waals surface area contributed by atoms with Crippen molar-refractivity contribution in [3.8, 4) is 0 Å². The zero-order valence-corrected chi connectivity index (χ0v) is 13.1. The molecule has 0 bridgehead atoms. The van der Waals surface area contributed by atoms with Crippen molar-refractivity contribution in [2.45, 2.75) is 13.0 Å². The fraction of sp³-hybridized carbons (Fsp3) is 0.188. The maximum absolute atomic E-state index is 11.7. The number of carbonyl (C=O) groups excluding carboxylic acids is 1. The van der Waals surface area contributed by atoms with Gasteiger partial charge in [-0.2, -0.15) is 0 Å². The molecular weight excluding hydrogens is 330 g/mol. The summed E-state index contributed by atoms with van der Waals surface area (Å²) in [5, 5.41) is 0. The van der Waals surface area contributed by atoms with Gasteiger partial charge in [0.05, 0.1) is 5.56 Å². The SMILES string of the molecule is NC(=O)c1cc(Br)ccc1N1CCc2cccc(N)c2C1. The van der Waals surface area contributed by atoms with Gasteiger partial charge in [0.1, 0.15) is 0 Å². The molecule has 1 aliphatic heterocycles. The Kier molecular flexibility index (Phi) is 3.59. The maximum Gasteiger partial charge on any atom is 0.250 e. The normalized spacial score (nSPS) is 13.9. The first-order valence-electron chi connectivity index (χ1n) is 6.77. The quantitative estimate of drug-likeness (QED) is 0.822. The van der Waals surface area contributed by atoms with E-state index in [9.17, 15) is 4.79 Å². The average molecular weight is 346 g/mol. The van der Waals surface area contributed by atoms with E-state index in [4.69, 9.17) is 11.5 Å². The minimum Gasteiger partial charge on any atom is -0.398 e. The number of nitrogens with two attached hydrogens (primary N) is 2. The lowest BCUT2D eigenvalue weighted by molar-refractivity contribution is 0.100. The van der Waals surface area contributed by atoms with E-state index in [2.05, 4.69) is 26.9 Å². The van der Waals surface area contributed by atoms with Crippen LogP contribution in [0.4, 0.5) is 11.4 Å². The third-order valence-electron chi connectivity index (χ3n) is 3.87. The van der Waals surface area contributed by atoms with E-state index < -0.39 is 5.91 Å². The van der Waals surface area contributed by atoms with Crippen molar-refractivity contribution in [3.63, 3.8) is 0 Å². The first-order valence-corrected chi connectivity index (χ1v) is 7.56. The smallest absolute Gasteiger partial charge is 0.250 e. The number of halogens is 1. The number of nitrogen functional groups attached to an aromatic ring is 1. The summed E-state index contributed by atoms with van der Waals surface area (Å²) >= 11 is 3.38. The predicted molar refractivity (Wildman–Crippen MR) is 88.3 cm³/mol. The first-order chi connectivity index (χ1) is 10.1. The molecule has 4 nitrogen and oxygen atoms in total. The Bertz CT molecular complexity index is 715. The van der Waals surface area contributed by atoms with Gasteiger partial charge in [0.25, 0.3) is 5.91 Å². The summed E-state index contributed by atoms with van der Waals surface area (Å²) in [4.78, 5) is 13.8. The van der Waals surface area contributed by atoms with Crippen LogP contribution in [0.15, 0.2) is 40.9 Å². The van der Waals surface area contributed by atoms with Gasteiger partial charge in [-0.25, -0.2) is 0 Å². The van der Waals surface area contributed by atoms with Crippen molar-refractivity contribution >= 4 is 33.2 Å². The number of anilines is 2. The number of primary amides is 1. The highest BCUT2D eigenvalue weighted by atomic mass is 79.9. The molecule has 0 radical (unpaired) electrons. The number of amides is 1. The maximum atomic E-state index is 11.7. The van der Waals surface area contributed by atoms with Crippen molar-refractivity contribution in [2.75, 3.05) is 17.2 Å². The molecule has 0 atom stereocenters. The summed E-state index contributed by atoms with van der Waals surface area (Å²) in [6.45, 7) is 1.54. The molecule has 0 saturated heterocycles. The lowest BCUT2D eigenvalue weighted by Gasteiger charge is -2.32. The highest BCUT2D eigenvalue weighted by Crippen LogP contribution is 2.31.